The van der Waals surface area contributed by atoms with Crippen molar-refractivity contribution in [1.82, 2.24) is 0 Å². The molecule has 0 saturated heterocycles. The average molecular weight is 419 g/mol. The van der Waals surface area contributed by atoms with E-state index in [9.17, 15) is 0 Å². The van der Waals surface area contributed by atoms with Gasteiger partial charge in [-0.1, -0.05) is 167 Å². The van der Waals surface area contributed by atoms with Crippen LogP contribution in [0.2, 0.25) is 0 Å². The normalized spacial score (nSPS) is 11.7. The number of rotatable bonds is 26. The quantitative estimate of drug-likeness (QED) is 0.0967. The highest BCUT2D eigenvalue weighted by atomic mass is 14.0. The van der Waals surface area contributed by atoms with Gasteiger partial charge in [-0.3, -0.25) is 0 Å². The van der Waals surface area contributed by atoms with Gasteiger partial charge in [0, 0.05) is 0 Å². The van der Waals surface area contributed by atoms with Crippen LogP contribution in [0, 0.1) is 13.8 Å². The fourth-order valence-corrected chi connectivity index (χ4v) is 4.30. The molecule has 178 valence electrons. The van der Waals surface area contributed by atoms with E-state index in [1.807, 2.05) is 0 Å². The molecule has 0 N–H and O–H groups in total. The van der Waals surface area contributed by atoms with E-state index >= 15 is 0 Å². The van der Waals surface area contributed by atoms with Crippen LogP contribution in [-0.4, -0.2) is 0 Å². The summed E-state index contributed by atoms with van der Waals surface area (Å²) in [5.41, 5.74) is 0. The summed E-state index contributed by atoms with van der Waals surface area (Å²) in [6.45, 7) is 7.81. The van der Waals surface area contributed by atoms with E-state index in [0.29, 0.717) is 0 Å². The zero-order valence-corrected chi connectivity index (χ0v) is 21.0. The van der Waals surface area contributed by atoms with E-state index in [1.165, 1.54) is 154 Å². The average Bonchev–Trinajstić information content (AvgIpc) is 2.76. The maximum absolute atomic E-state index is 3.91. The zero-order chi connectivity index (χ0) is 21.8. The van der Waals surface area contributed by atoms with E-state index in [2.05, 4.69) is 26.0 Å². The summed E-state index contributed by atoms with van der Waals surface area (Å²) in [6, 6.07) is 0. The van der Waals surface area contributed by atoms with Gasteiger partial charge in [-0.05, 0) is 25.7 Å². The van der Waals surface area contributed by atoms with Crippen molar-refractivity contribution in [1.29, 1.82) is 0 Å². The molecule has 0 aliphatic heterocycles. The molecule has 0 heterocycles. The van der Waals surface area contributed by atoms with Crippen LogP contribution in [-0.2, 0) is 0 Å². The lowest BCUT2D eigenvalue weighted by Crippen LogP contribution is -1.84. The maximum atomic E-state index is 3.91. The number of unbranched alkanes of at least 4 members (excludes halogenated alkanes) is 24. The molecule has 0 rings (SSSR count). The molecule has 0 unspecified atom stereocenters. The maximum Gasteiger partial charge on any atom is -0.0351 e. The Morgan fingerprint density at radius 1 is 0.267 bits per heavy atom. The molecule has 0 bridgehead atoms. The summed E-state index contributed by atoms with van der Waals surface area (Å²) in [5.74, 6) is 0. The van der Waals surface area contributed by atoms with E-state index in [4.69, 9.17) is 0 Å². The number of allylic oxidation sites excluding steroid dienone is 2. The van der Waals surface area contributed by atoms with Crippen LogP contribution in [0.25, 0.3) is 0 Å². The smallest absolute Gasteiger partial charge is 0.0351 e. The molecular formula is C30H58. The van der Waals surface area contributed by atoms with Gasteiger partial charge in [-0.15, -0.1) is 0 Å². The minimum atomic E-state index is 1.09. The van der Waals surface area contributed by atoms with Crippen LogP contribution >= 0.6 is 0 Å². The lowest BCUT2D eigenvalue weighted by Gasteiger charge is -2.04. The lowest BCUT2D eigenvalue weighted by atomic mass is 10.0. The van der Waals surface area contributed by atoms with Crippen molar-refractivity contribution in [2.24, 2.45) is 0 Å². The molecule has 2 radical (unpaired) electrons. The highest BCUT2D eigenvalue weighted by Crippen LogP contribution is 2.15. The van der Waals surface area contributed by atoms with Gasteiger partial charge in [-0.2, -0.15) is 0 Å². The Hall–Kier alpha value is -0.260. The first-order valence-electron chi connectivity index (χ1n) is 14.1. The van der Waals surface area contributed by atoms with Gasteiger partial charge in [0.25, 0.3) is 0 Å². The second-order valence-corrected chi connectivity index (χ2v) is 9.53. The van der Waals surface area contributed by atoms with Crippen LogP contribution in [0.1, 0.15) is 167 Å². The van der Waals surface area contributed by atoms with Crippen molar-refractivity contribution in [2.75, 3.05) is 0 Å². The van der Waals surface area contributed by atoms with Gasteiger partial charge in [0.15, 0.2) is 0 Å². The van der Waals surface area contributed by atoms with E-state index in [-0.39, 0.29) is 0 Å². The monoisotopic (exact) mass is 418 g/mol. The highest BCUT2D eigenvalue weighted by Gasteiger charge is 1.95. The minimum absolute atomic E-state index is 1.09. The summed E-state index contributed by atoms with van der Waals surface area (Å²) in [5, 5.41) is 0. The molecule has 0 nitrogen and oxygen atoms in total. The summed E-state index contributed by atoms with van der Waals surface area (Å²) >= 11 is 0. The number of hydrogen-bond acceptors (Lipinski definition) is 0. The molecule has 30 heavy (non-hydrogen) atoms. The molecule has 0 aromatic rings. The van der Waals surface area contributed by atoms with E-state index < -0.39 is 0 Å². The van der Waals surface area contributed by atoms with Crippen LogP contribution in [0.15, 0.2) is 12.2 Å². The Balaban J connectivity index is 3.02. The Morgan fingerprint density at radius 3 is 0.767 bits per heavy atom. The molecule has 0 saturated carbocycles. The summed E-state index contributed by atoms with van der Waals surface area (Å²) in [6.07, 6.45) is 41.2. The largest absolute Gasteiger partial charge is 0.0885 e. The Kier molecular flexibility index (Phi) is 28.5. The van der Waals surface area contributed by atoms with E-state index in [0.717, 1.165) is 12.8 Å². The minimum Gasteiger partial charge on any atom is -0.0885 e. The summed E-state index contributed by atoms with van der Waals surface area (Å²) in [7, 11) is 0. The predicted molar refractivity (Wildman–Crippen MR) is 140 cm³/mol. The third-order valence-corrected chi connectivity index (χ3v) is 6.41. The second-order valence-electron chi connectivity index (χ2n) is 9.53. The molecule has 0 aliphatic rings. The van der Waals surface area contributed by atoms with Crippen molar-refractivity contribution in [3.05, 3.63) is 26.0 Å². The molecule has 0 atom stereocenters. The standard InChI is InChI=1S/C30H58/c1-3-5-7-9-11-13-15-17-19-21-23-25-27-29-30-28-26-24-22-20-18-16-14-12-10-8-6-4-2/h11,13H,1-10,12,14-30H2. The van der Waals surface area contributed by atoms with Crippen molar-refractivity contribution >= 4 is 0 Å². The first-order chi connectivity index (χ1) is 14.9. The predicted octanol–water partition coefficient (Wildman–Crippen LogP) is 11.4. The van der Waals surface area contributed by atoms with Gasteiger partial charge >= 0.3 is 0 Å². The molecule has 0 aliphatic carbocycles. The van der Waals surface area contributed by atoms with Crippen LogP contribution in [0.3, 0.4) is 0 Å². The third kappa shape index (κ3) is 27.7. The van der Waals surface area contributed by atoms with Crippen LogP contribution in [0.5, 0.6) is 0 Å². The van der Waals surface area contributed by atoms with Gasteiger partial charge < -0.3 is 0 Å². The Labute approximate surface area is 193 Å². The molecule has 0 amide bonds. The van der Waals surface area contributed by atoms with Crippen molar-refractivity contribution in [3.8, 4) is 0 Å². The van der Waals surface area contributed by atoms with E-state index in [1.54, 1.807) is 0 Å². The third-order valence-electron chi connectivity index (χ3n) is 6.41. The van der Waals surface area contributed by atoms with Crippen molar-refractivity contribution < 1.29 is 0 Å². The Morgan fingerprint density at radius 2 is 0.467 bits per heavy atom. The molecule has 0 aromatic heterocycles. The van der Waals surface area contributed by atoms with Gasteiger partial charge in [0.2, 0.25) is 0 Å². The fourth-order valence-electron chi connectivity index (χ4n) is 4.30. The summed E-state index contributed by atoms with van der Waals surface area (Å²) < 4.78 is 0. The fraction of sp³-hybridized carbons (Fsp3) is 0.867. The zero-order valence-electron chi connectivity index (χ0n) is 21.0. The van der Waals surface area contributed by atoms with Gasteiger partial charge in [-0.25, -0.2) is 0 Å². The van der Waals surface area contributed by atoms with Gasteiger partial charge in [0.05, 0.1) is 0 Å². The highest BCUT2D eigenvalue weighted by molar-refractivity contribution is 4.81. The molecular weight excluding hydrogens is 360 g/mol. The molecule has 0 spiro atoms. The SMILES string of the molecule is [CH2]CCCCC=CCCCCCCCCCCCCCCCCCCCCCC[CH2]. The first kappa shape index (κ1) is 29.7. The number of hydrogen-bond donors (Lipinski definition) is 0. The van der Waals surface area contributed by atoms with Gasteiger partial charge in [0.1, 0.15) is 0 Å². The van der Waals surface area contributed by atoms with Crippen LogP contribution < -0.4 is 0 Å². The van der Waals surface area contributed by atoms with Crippen molar-refractivity contribution in [2.45, 2.75) is 167 Å². The molecule has 0 aromatic carbocycles. The Bertz CT molecular complexity index is 303. The first-order valence-corrected chi connectivity index (χ1v) is 14.1. The summed E-state index contributed by atoms with van der Waals surface area (Å²) in [4.78, 5) is 0. The second kappa shape index (κ2) is 28.7. The lowest BCUT2D eigenvalue weighted by molar-refractivity contribution is 0.521. The van der Waals surface area contributed by atoms with Crippen molar-refractivity contribution in [3.63, 3.8) is 0 Å². The molecule has 0 fully saturated rings. The molecule has 0 heteroatoms. The van der Waals surface area contributed by atoms with Crippen LogP contribution in [0.4, 0.5) is 0 Å². The topological polar surface area (TPSA) is 0 Å².